The van der Waals surface area contributed by atoms with Gasteiger partial charge in [-0.25, -0.2) is 17.2 Å². The van der Waals surface area contributed by atoms with Crippen molar-refractivity contribution in [2.45, 2.75) is 9.79 Å². The third-order valence-corrected chi connectivity index (χ3v) is 5.85. The number of benzene rings is 2. The molecule has 0 aliphatic rings. The Kier molecular flexibility index (Phi) is 4.48. The number of fused-ring (bicyclic) bond motifs is 1. The van der Waals surface area contributed by atoms with E-state index in [-0.39, 0.29) is 4.90 Å². The lowest BCUT2D eigenvalue weighted by atomic mass is 10.2. The maximum atomic E-state index is 13.5. The van der Waals surface area contributed by atoms with Crippen molar-refractivity contribution in [1.29, 1.82) is 0 Å². The Balaban J connectivity index is 1.78. The molecule has 0 fully saturated rings. The second-order valence-electron chi connectivity index (χ2n) is 6.01. The topological polar surface area (TPSA) is 75.7 Å². The third kappa shape index (κ3) is 3.41. The lowest BCUT2D eigenvalue weighted by Gasteiger charge is -2.05. The molecule has 0 atom stereocenters. The molecule has 1 N–H and O–H groups in total. The maximum Gasteiger partial charge on any atom is 0.206 e. The lowest BCUT2D eigenvalue weighted by Crippen LogP contribution is -2.03. The summed E-state index contributed by atoms with van der Waals surface area (Å²) in [6.45, 7) is 0. The Hall–Kier alpha value is -3.39. The Labute approximate surface area is 159 Å². The van der Waals surface area contributed by atoms with Gasteiger partial charge in [0.1, 0.15) is 11.6 Å². The van der Waals surface area contributed by atoms with Crippen LogP contribution in [0.25, 0.3) is 23.1 Å². The van der Waals surface area contributed by atoms with Crippen LogP contribution in [0.5, 0.6) is 0 Å². The number of pyridine rings is 1. The predicted molar refractivity (Wildman–Crippen MR) is 101 cm³/mol. The normalized spacial score (nSPS) is 12.1. The number of rotatable bonds is 4. The van der Waals surface area contributed by atoms with Crippen LogP contribution in [-0.4, -0.2) is 23.6 Å². The molecular formula is C20H13F2N3O2S. The van der Waals surface area contributed by atoms with Gasteiger partial charge in [0.05, 0.1) is 26.7 Å². The summed E-state index contributed by atoms with van der Waals surface area (Å²) < 4.78 is 52.5. The Morgan fingerprint density at radius 2 is 1.68 bits per heavy atom. The quantitative estimate of drug-likeness (QED) is 0.559. The van der Waals surface area contributed by atoms with Crippen LogP contribution in [0.2, 0.25) is 0 Å². The van der Waals surface area contributed by atoms with Gasteiger partial charge < -0.3 is 0 Å². The average molecular weight is 397 g/mol. The van der Waals surface area contributed by atoms with Gasteiger partial charge in [-0.1, -0.05) is 6.07 Å². The molecule has 0 saturated heterocycles. The molecule has 4 rings (SSSR count). The molecule has 0 unspecified atom stereocenters. The summed E-state index contributed by atoms with van der Waals surface area (Å²) in [5, 5.41) is 7.57. The SMILES string of the molecule is O=S(=O)(c1cc(F)cc(F)c1)c1ccc2[nH]nc(/C=C/c3ccccn3)c2c1. The molecule has 2 aromatic carbocycles. The predicted octanol–water partition coefficient (Wildman–Crippen LogP) is 4.24. The number of hydrogen-bond acceptors (Lipinski definition) is 4. The van der Waals surface area contributed by atoms with E-state index < -0.39 is 26.4 Å². The maximum absolute atomic E-state index is 13.5. The first-order valence-electron chi connectivity index (χ1n) is 8.22. The van der Waals surface area contributed by atoms with Crippen LogP contribution in [0.15, 0.2) is 70.6 Å². The summed E-state index contributed by atoms with van der Waals surface area (Å²) in [6, 6.07) is 12.0. The van der Waals surface area contributed by atoms with Gasteiger partial charge >= 0.3 is 0 Å². The molecule has 0 radical (unpaired) electrons. The van der Waals surface area contributed by atoms with Crippen LogP contribution in [0.4, 0.5) is 8.78 Å². The molecule has 0 bridgehead atoms. The Morgan fingerprint density at radius 1 is 0.893 bits per heavy atom. The molecule has 2 aromatic heterocycles. The van der Waals surface area contributed by atoms with E-state index in [2.05, 4.69) is 15.2 Å². The molecule has 0 saturated carbocycles. The van der Waals surface area contributed by atoms with Crippen LogP contribution >= 0.6 is 0 Å². The standard InChI is InChI=1S/C20H13F2N3O2S/c21-13-9-14(22)11-17(10-13)28(26,27)16-5-7-20-18(12-16)19(24-25-20)6-4-15-3-1-2-8-23-15/h1-12H,(H,24,25)/b6-4+. The van der Waals surface area contributed by atoms with Gasteiger partial charge in [-0.3, -0.25) is 10.1 Å². The number of sulfone groups is 1. The number of aromatic nitrogens is 3. The van der Waals surface area contributed by atoms with E-state index in [0.717, 1.165) is 17.8 Å². The lowest BCUT2D eigenvalue weighted by molar-refractivity contribution is 0.567. The molecule has 8 heteroatoms. The van der Waals surface area contributed by atoms with Crippen molar-refractivity contribution >= 4 is 32.9 Å². The molecule has 5 nitrogen and oxygen atoms in total. The molecule has 0 spiro atoms. The van der Waals surface area contributed by atoms with Crippen molar-refractivity contribution in [2.24, 2.45) is 0 Å². The minimum Gasteiger partial charge on any atom is -0.277 e. The van der Waals surface area contributed by atoms with Gasteiger partial charge in [0.2, 0.25) is 9.84 Å². The summed E-state index contributed by atoms with van der Waals surface area (Å²) in [4.78, 5) is 3.65. The Morgan fingerprint density at radius 3 is 2.39 bits per heavy atom. The second-order valence-corrected chi connectivity index (χ2v) is 7.96. The second kappa shape index (κ2) is 6.97. The molecule has 28 heavy (non-hydrogen) atoms. The molecule has 0 amide bonds. The molecule has 0 aliphatic carbocycles. The van der Waals surface area contributed by atoms with Gasteiger partial charge in [-0.05, 0) is 54.6 Å². The zero-order chi connectivity index (χ0) is 19.7. The molecule has 2 heterocycles. The van der Waals surface area contributed by atoms with Crippen molar-refractivity contribution < 1.29 is 17.2 Å². The van der Waals surface area contributed by atoms with Crippen molar-refractivity contribution in [3.63, 3.8) is 0 Å². The highest BCUT2D eigenvalue weighted by molar-refractivity contribution is 7.91. The minimum absolute atomic E-state index is 0.0844. The van der Waals surface area contributed by atoms with Crippen molar-refractivity contribution in [1.82, 2.24) is 15.2 Å². The summed E-state index contributed by atoms with van der Waals surface area (Å²) in [5.41, 5.74) is 1.87. The number of H-pyrrole nitrogens is 1. The van der Waals surface area contributed by atoms with Gasteiger partial charge in [-0.2, -0.15) is 5.10 Å². The van der Waals surface area contributed by atoms with Crippen molar-refractivity contribution in [3.8, 4) is 0 Å². The molecule has 4 aromatic rings. The van der Waals surface area contributed by atoms with Gasteiger partial charge in [0, 0.05) is 17.6 Å². The third-order valence-electron chi connectivity index (χ3n) is 4.12. The molecular weight excluding hydrogens is 384 g/mol. The minimum atomic E-state index is -4.10. The van der Waals surface area contributed by atoms with Crippen molar-refractivity contribution in [2.75, 3.05) is 0 Å². The smallest absolute Gasteiger partial charge is 0.206 e. The number of halogens is 2. The van der Waals surface area contributed by atoms with Crippen LogP contribution in [0, 0.1) is 11.6 Å². The summed E-state index contributed by atoms with van der Waals surface area (Å²) in [5.74, 6) is -1.91. The van der Waals surface area contributed by atoms with E-state index in [1.807, 2.05) is 12.1 Å². The molecule has 140 valence electrons. The van der Waals surface area contributed by atoms with Crippen LogP contribution < -0.4 is 0 Å². The van der Waals surface area contributed by atoms with Gasteiger partial charge in [0.15, 0.2) is 0 Å². The summed E-state index contributed by atoms with van der Waals surface area (Å²) in [6.07, 6.45) is 5.11. The number of aromatic amines is 1. The van der Waals surface area contributed by atoms with Crippen molar-refractivity contribution in [3.05, 3.63) is 83.8 Å². The Bertz CT molecular complexity index is 1280. The van der Waals surface area contributed by atoms with E-state index in [0.29, 0.717) is 22.7 Å². The average Bonchev–Trinajstić information content (AvgIpc) is 3.09. The van der Waals surface area contributed by atoms with E-state index in [4.69, 9.17) is 0 Å². The highest BCUT2D eigenvalue weighted by Gasteiger charge is 2.21. The fourth-order valence-corrected chi connectivity index (χ4v) is 4.09. The summed E-state index contributed by atoms with van der Waals surface area (Å²) >= 11 is 0. The largest absolute Gasteiger partial charge is 0.277 e. The first-order valence-corrected chi connectivity index (χ1v) is 9.70. The highest BCUT2D eigenvalue weighted by Crippen LogP contribution is 2.27. The van der Waals surface area contributed by atoms with E-state index in [1.54, 1.807) is 30.5 Å². The zero-order valence-electron chi connectivity index (χ0n) is 14.3. The van der Waals surface area contributed by atoms with Gasteiger partial charge in [-0.15, -0.1) is 0 Å². The van der Waals surface area contributed by atoms with Crippen LogP contribution in [0.3, 0.4) is 0 Å². The summed E-state index contributed by atoms with van der Waals surface area (Å²) in [7, 11) is -4.10. The van der Waals surface area contributed by atoms with E-state index in [1.165, 1.54) is 12.1 Å². The van der Waals surface area contributed by atoms with Gasteiger partial charge in [0.25, 0.3) is 0 Å². The van der Waals surface area contributed by atoms with E-state index in [9.17, 15) is 17.2 Å². The number of nitrogens with zero attached hydrogens (tertiary/aromatic N) is 2. The molecule has 0 aliphatic heterocycles. The van der Waals surface area contributed by atoms with E-state index >= 15 is 0 Å². The first-order chi connectivity index (χ1) is 13.4. The van der Waals surface area contributed by atoms with Crippen LogP contribution in [0.1, 0.15) is 11.4 Å². The monoisotopic (exact) mass is 397 g/mol. The number of nitrogens with one attached hydrogen (secondary N) is 1. The highest BCUT2D eigenvalue weighted by atomic mass is 32.2. The fraction of sp³-hybridized carbons (Fsp3) is 0. The fourth-order valence-electron chi connectivity index (χ4n) is 2.77. The number of hydrogen-bond donors (Lipinski definition) is 1. The first kappa shape index (κ1) is 18.0. The zero-order valence-corrected chi connectivity index (χ0v) is 15.1. The van der Waals surface area contributed by atoms with Crippen LogP contribution in [-0.2, 0) is 9.84 Å².